The van der Waals surface area contributed by atoms with Crippen molar-refractivity contribution in [3.8, 4) is 0 Å². The summed E-state index contributed by atoms with van der Waals surface area (Å²) in [5.74, 6) is -0.522. The molecule has 0 spiro atoms. The molecule has 1 unspecified atom stereocenters. The fraction of sp³-hybridized carbons (Fsp3) is 0.238. The van der Waals surface area contributed by atoms with Crippen molar-refractivity contribution in [2.24, 2.45) is 0 Å². The molecule has 0 bridgehead atoms. The molecule has 2 N–H and O–H groups in total. The van der Waals surface area contributed by atoms with E-state index in [-0.39, 0.29) is 17.7 Å². The van der Waals surface area contributed by atoms with Gasteiger partial charge in [-0.3, -0.25) is 19.9 Å². The van der Waals surface area contributed by atoms with Crippen molar-refractivity contribution in [1.82, 2.24) is 15.3 Å². The lowest BCUT2D eigenvalue weighted by Crippen LogP contribution is -2.31. The van der Waals surface area contributed by atoms with Gasteiger partial charge in [-0.05, 0) is 43.5 Å². The molecule has 7 heteroatoms. The van der Waals surface area contributed by atoms with E-state index in [9.17, 15) is 9.59 Å². The third-order valence-electron chi connectivity index (χ3n) is 4.70. The zero-order valence-corrected chi connectivity index (χ0v) is 16.0. The molecule has 1 atom stereocenters. The first kappa shape index (κ1) is 18.3. The van der Waals surface area contributed by atoms with Crippen LogP contribution >= 0.6 is 11.3 Å². The molecule has 2 heterocycles. The number of amides is 2. The van der Waals surface area contributed by atoms with Crippen LogP contribution in [0.3, 0.4) is 0 Å². The predicted molar refractivity (Wildman–Crippen MR) is 108 cm³/mol. The van der Waals surface area contributed by atoms with Crippen LogP contribution in [0.2, 0.25) is 0 Å². The highest BCUT2D eigenvalue weighted by molar-refractivity contribution is 7.15. The smallest absolute Gasteiger partial charge is 0.257 e. The van der Waals surface area contributed by atoms with Crippen LogP contribution in [0.15, 0.2) is 54.7 Å². The number of aryl methyl sites for hydroxylation is 1. The Kier molecular flexibility index (Phi) is 5.43. The van der Waals surface area contributed by atoms with Gasteiger partial charge < -0.3 is 5.32 Å². The van der Waals surface area contributed by atoms with Gasteiger partial charge in [0, 0.05) is 16.6 Å². The molecule has 1 aliphatic carbocycles. The van der Waals surface area contributed by atoms with E-state index in [0.29, 0.717) is 17.2 Å². The minimum atomic E-state index is -0.286. The summed E-state index contributed by atoms with van der Waals surface area (Å²) in [6.07, 6.45) is 4.29. The molecule has 4 rings (SSSR count). The molecule has 0 aliphatic heterocycles. The van der Waals surface area contributed by atoms with Crippen molar-refractivity contribution >= 4 is 28.3 Å². The molecule has 142 valence electrons. The first-order chi connectivity index (χ1) is 13.7. The zero-order chi connectivity index (χ0) is 19.3. The average molecular weight is 392 g/mol. The van der Waals surface area contributed by atoms with Crippen LogP contribution in [-0.2, 0) is 17.8 Å². The highest BCUT2D eigenvalue weighted by Gasteiger charge is 2.30. The quantitative estimate of drug-likeness (QED) is 0.696. The molecule has 0 saturated carbocycles. The van der Waals surface area contributed by atoms with Gasteiger partial charge in [-0.25, -0.2) is 4.98 Å². The Labute approximate surface area is 167 Å². The number of pyridine rings is 1. The van der Waals surface area contributed by atoms with Gasteiger partial charge in [0.25, 0.3) is 5.91 Å². The lowest BCUT2D eigenvalue weighted by atomic mass is 9.90. The molecular formula is C21H20N4O2S. The standard InChI is InChI=1S/C21H20N4O2S/c26-19(14-7-2-1-3-8-14)25-21-24-18-16(10-6-11-17(18)28-21)20(27)23-13-15-9-4-5-12-22-15/h1-5,7-9,12,16H,6,10-11,13H2,(H,23,27)(H,24,25,26). The number of carbonyl (C=O) groups excluding carboxylic acids is 2. The fourth-order valence-electron chi connectivity index (χ4n) is 3.29. The van der Waals surface area contributed by atoms with E-state index in [4.69, 9.17) is 0 Å². The van der Waals surface area contributed by atoms with Gasteiger partial charge in [-0.1, -0.05) is 24.3 Å². The maximum absolute atomic E-state index is 12.7. The molecule has 1 aromatic carbocycles. The van der Waals surface area contributed by atoms with Crippen LogP contribution < -0.4 is 10.6 Å². The minimum absolute atomic E-state index is 0.0437. The van der Waals surface area contributed by atoms with Crippen molar-refractivity contribution in [2.45, 2.75) is 31.7 Å². The van der Waals surface area contributed by atoms with E-state index in [1.165, 1.54) is 11.3 Å². The molecule has 3 aromatic rings. The van der Waals surface area contributed by atoms with Gasteiger partial charge in [0.15, 0.2) is 5.13 Å². The molecule has 0 radical (unpaired) electrons. The zero-order valence-electron chi connectivity index (χ0n) is 15.2. The first-order valence-corrected chi connectivity index (χ1v) is 10.1. The van der Waals surface area contributed by atoms with Crippen LogP contribution in [0.25, 0.3) is 0 Å². The monoisotopic (exact) mass is 392 g/mol. The Bertz CT molecular complexity index is 973. The molecule has 0 fully saturated rings. The highest BCUT2D eigenvalue weighted by Crippen LogP contribution is 2.37. The van der Waals surface area contributed by atoms with Gasteiger partial charge >= 0.3 is 0 Å². The van der Waals surface area contributed by atoms with Crippen LogP contribution in [0, 0.1) is 0 Å². The van der Waals surface area contributed by atoms with Crippen LogP contribution in [0.1, 0.15) is 45.4 Å². The van der Waals surface area contributed by atoms with E-state index < -0.39 is 0 Å². The van der Waals surface area contributed by atoms with Gasteiger partial charge in [0.05, 0.1) is 23.9 Å². The molecule has 6 nitrogen and oxygen atoms in total. The van der Waals surface area contributed by atoms with E-state index >= 15 is 0 Å². The number of anilines is 1. The van der Waals surface area contributed by atoms with Crippen molar-refractivity contribution in [1.29, 1.82) is 0 Å². The van der Waals surface area contributed by atoms with E-state index in [2.05, 4.69) is 20.6 Å². The average Bonchev–Trinajstić information content (AvgIpc) is 3.15. The number of carbonyl (C=O) groups is 2. The summed E-state index contributed by atoms with van der Waals surface area (Å²) in [6, 6.07) is 14.7. The summed E-state index contributed by atoms with van der Waals surface area (Å²) in [4.78, 5) is 35.0. The largest absolute Gasteiger partial charge is 0.350 e. The summed E-state index contributed by atoms with van der Waals surface area (Å²) >= 11 is 1.46. The van der Waals surface area contributed by atoms with Crippen LogP contribution in [0.4, 0.5) is 5.13 Å². The molecule has 28 heavy (non-hydrogen) atoms. The molecular weight excluding hydrogens is 372 g/mol. The number of rotatable bonds is 5. The maximum atomic E-state index is 12.7. The first-order valence-electron chi connectivity index (χ1n) is 9.24. The van der Waals surface area contributed by atoms with Crippen molar-refractivity contribution in [3.05, 3.63) is 76.6 Å². The maximum Gasteiger partial charge on any atom is 0.257 e. The summed E-state index contributed by atoms with van der Waals surface area (Å²) in [5, 5.41) is 6.37. The second-order valence-electron chi connectivity index (χ2n) is 6.63. The van der Waals surface area contributed by atoms with Crippen molar-refractivity contribution < 1.29 is 9.59 Å². The SMILES string of the molecule is O=C(Nc1nc2c(s1)CCCC2C(=O)NCc1ccccn1)c1ccccc1. The van der Waals surface area contributed by atoms with E-state index in [1.807, 2.05) is 36.4 Å². The molecule has 2 amide bonds. The number of thiazole rings is 1. The van der Waals surface area contributed by atoms with Crippen LogP contribution in [0.5, 0.6) is 0 Å². The van der Waals surface area contributed by atoms with Crippen LogP contribution in [-0.4, -0.2) is 21.8 Å². The summed E-state index contributed by atoms with van der Waals surface area (Å²) in [6.45, 7) is 0.396. The number of nitrogens with one attached hydrogen (secondary N) is 2. The number of fused-ring (bicyclic) bond motifs is 1. The third-order valence-corrected chi connectivity index (χ3v) is 5.74. The Balaban J connectivity index is 1.45. The topological polar surface area (TPSA) is 84.0 Å². The number of aromatic nitrogens is 2. The van der Waals surface area contributed by atoms with E-state index in [0.717, 1.165) is 35.5 Å². The van der Waals surface area contributed by atoms with Gasteiger partial charge in [-0.15, -0.1) is 11.3 Å². The number of benzene rings is 1. The second kappa shape index (κ2) is 8.31. The summed E-state index contributed by atoms with van der Waals surface area (Å²) in [7, 11) is 0. The minimum Gasteiger partial charge on any atom is -0.350 e. The Hall–Kier alpha value is -3.06. The lowest BCUT2D eigenvalue weighted by molar-refractivity contribution is -0.123. The predicted octanol–water partition coefficient (Wildman–Crippen LogP) is 3.53. The molecule has 0 saturated heterocycles. The Morgan fingerprint density at radius 1 is 1.11 bits per heavy atom. The summed E-state index contributed by atoms with van der Waals surface area (Å²) < 4.78 is 0. The highest BCUT2D eigenvalue weighted by atomic mass is 32.1. The van der Waals surface area contributed by atoms with E-state index in [1.54, 1.807) is 18.3 Å². The Morgan fingerprint density at radius 2 is 1.93 bits per heavy atom. The van der Waals surface area contributed by atoms with Crippen molar-refractivity contribution in [2.75, 3.05) is 5.32 Å². The number of hydrogen-bond acceptors (Lipinski definition) is 5. The molecule has 2 aromatic heterocycles. The van der Waals surface area contributed by atoms with Gasteiger partial charge in [0.1, 0.15) is 0 Å². The lowest BCUT2D eigenvalue weighted by Gasteiger charge is -2.20. The van der Waals surface area contributed by atoms with Gasteiger partial charge in [0.2, 0.25) is 5.91 Å². The van der Waals surface area contributed by atoms with Crippen molar-refractivity contribution in [3.63, 3.8) is 0 Å². The third kappa shape index (κ3) is 4.09. The second-order valence-corrected chi connectivity index (χ2v) is 7.71. The number of nitrogens with zero attached hydrogens (tertiary/aromatic N) is 2. The number of hydrogen-bond donors (Lipinski definition) is 2. The molecule has 1 aliphatic rings. The van der Waals surface area contributed by atoms with Gasteiger partial charge in [-0.2, -0.15) is 0 Å². The fourth-order valence-corrected chi connectivity index (χ4v) is 4.35. The summed E-state index contributed by atoms with van der Waals surface area (Å²) in [5.41, 5.74) is 2.19. The normalized spacial score (nSPS) is 15.5. The Morgan fingerprint density at radius 3 is 2.71 bits per heavy atom.